The number of aliphatic hydroxyl groups is 1. The van der Waals surface area contributed by atoms with Crippen LogP contribution in [0.4, 0.5) is 0 Å². The molecule has 1 aromatic heterocycles. The monoisotopic (exact) mass is 268 g/mol. The third-order valence-corrected chi connectivity index (χ3v) is 3.52. The van der Waals surface area contributed by atoms with Crippen molar-refractivity contribution in [2.75, 3.05) is 12.8 Å². The van der Waals surface area contributed by atoms with Gasteiger partial charge in [0.05, 0.1) is 12.4 Å². The summed E-state index contributed by atoms with van der Waals surface area (Å²) in [6, 6.07) is 7.68. The molecule has 0 fully saturated rings. The van der Waals surface area contributed by atoms with E-state index in [-0.39, 0.29) is 6.54 Å². The summed E-state index contributed by atoms with van der Waals surface area (Å²) >= 11 is 0. The molecule has 2 aromatic rings. The highest BCUT2D eigenvalue weighted by molar-refractivity contribution is 7.88. The molecule has 6 heteroatoms. The van der Waals surface area contributed by atoms with Crippen molar-refractivity contribution in [2.24, 2.45) is 7.05 Å². The van der Waals surface area contributed by atoms with E-state index in [1.807, 2.05) is 42.1 Å². The van der Waals surface area contributed by atoms with E-state index in [2.05, 4.69) is 4.72 Å². The number of sulfonamides is 1. The lowest BCUT2D eigenvalue weighted by molar-refractivity contribution is 0.183. The van der Waals surface area contributed by atoms with E-state index in [1.165, 1.54) is 0 Å². The Morgan fingerprint density at radius 3 is 2.72 bits per heavy atom. The molecule has 0 spiro atoms. The minimum Gasteiger partial charge on any atom is -0.387 e. The lowest BCUT2D eigenvalue weighted by atomic mass is 10.1. The number of aryl methyl sites for hydroxylation is 1. The van der Waals surface area contributed by atoms with E-state index >= 15 is 0 Å². The topological polar surface area (TPSA) is 71.3 Å². The molecule has 0 aliphatic rings. The molecule has 1 heterocycles. The molecule has 18 heavy (non-hydrogen) atoms. The zero-order valence-corrected chi connectivity index (χ0v) is 11.1. The van der Waals surface area contributed by atoms with Gasteiger partial charge in [0.2, 0.25) is 10.0 Å². The van der Waals surface area contributed by atoms with Crippen LogP contribution in [0.3, 0.4) is 0 Å². The summed E-state index contributed by atoms with van der Waals surface area (Å²) in [6.45, 7) is -0.0210. The largest absolute Gasteiger partial charge is 0.387 e. The summed E-state index contributed by atoms with van der Waals surface area (Å²) in [7, 11) is -1.40. The van der Waals surface area contributed by atoms with E-state index in [0.717, 1.165) is 22.7 Å². The Morgan fingerprint density at radius 1 is 1.39 bits per heavy atom. The van der Waals surface area contributed by atoms with Gasteiger partial charge in [0, 0.05) is 36.3 Å². The number of para-hydroxylation sites is 1. The van der Waals surface area contributed by atoms with E-state index in [0.29, 0.717) is 0 Å². The Kier molecular flexibility index (Phi) is 3.43. The fourth-order valence-corrected chi connectivity index (χ4v) is 2.44. The van der Waals surface area contributed by atoms with Crippen molar-refractivity contribution in [2.45, 2.75) is 6.10 Å². The molecule has 1 aromatic carbocycles. The smallest absolute Gasteiger partial charge is 0.208 e. The minimum atomic E-state index is -3.29. The van der Waals surface area contributed by atoms with Crippen molar-refractivity contribution in [3.63, 3.8) is 0 Å². The lowest BCUT2D eigenvalue weighted by Gasteiger charge is -2.09. The van der Waals surface area contributed by atoms with Crippen LogP contribution in [0.25, 0.3) is 10.9 Å². The average Bonchev–Trinajstić information content (AvgIpc) is 2.64. The van der Waals surface area contributed by atoms with Gasteiger partial charge < -0.3 is 9.67 Å². The van der Waals surface area contributed by atoms with Gasteiger partial charge in [-0.15, -0.1) is 0 Å². The number of hydrogen-bond acceptors (Lipinski definition) is 3. The van der Waals surface area contributed by atoms with Gasteiger partial charge in [-0.2, -0.15) is 0 Å². The Bertz CT molecular complexity index is 661. The number of benzene rings is 1. The van der Waals surface area contributed by atoms with Crippen LogP contribution < -0.4 is 4.72 Å². The number of nitrogens with zero attached hydrogens (tertiary/aromatic N) is 1. The Labute approximate surface area is 106 Å². The Balaban J connectivity index is 2.31. The highest BCUT2D eigenvalue weighted by atomic mass is 32.2. The van der Waals surface area contributed by atoms with Crippen molar-refractivity contribution in [3.8, 4) is 0 Å². The van der Waals surface area contributed by atoms with Crippen LogP contribution in [0, 0.1) is 0 Å². The first-order valence-corrected chi connectivity index (χ1v) is 7.44. The van der Waals surface area contributed by atoms with Gasteiger partial charge in [-0.25, -0.2) is 13.1 Å². The number of nitrogens with one attached hydrogen (secondary N) is 1. The van der Waals surface area contributed by atoms with Crippen molar-refractivity contribution < 1.29 is 13.5 Å². The summed E-state index contributed by atoms with van der Waals surface area (Å²) in [5, 5.41) is 11.0. The van der Waals surface area contributed by atoms with Gasteiger partial charge in [-0.1, -0.05) is 18.2 Å². The highest BCUT2D eigenvalue weighted by Gasteiger charge is 2.15. The molecule has 1 atom stereocenters. The molecule has 0 saturated heterocycles. The molecular weight excluding hydrogens is 252 g/mol. The standard InChI is InChI=1S/C12H16N2O3S/c1-14-8-10(9-5-3-4-6-11(9)14)12(15)7-13-18(2,16)17/h3-6,8,12-13,15H,7H2,1-2H3. The van der Waals surface area contributed by atoms with Crippen LogP contribution in [0.2, 0.25) is 0 Å². The first-order valence-electron chi connectivity index (χ1n) is 5.55. The predicted molar refractivity (Wildman–Crippen MR) is 70.7 cm³/mol. The van der Waals surface area contributed by atoms with Crippen LogP contribution in [0.1, 0.15) is 11.7 Å². The van der Waals surface area contributed by atoms with Crippen LogP contribution in [-0.4, -0.2) is 30.9 Å². The Hall–Kier alpha value is -1.37. The van der Waals surface area contributed by atoms with Gasteiger partial charge in [-0.05, 0) is 6.07 Å². The maximum Gasteiger partial charge on any atom is 0.208 e. The first-order chi connectivity index (χ1) is 8.38. The fourth-order valence-electron chi connectivity index (χ4n) is 1.98. The number of aliphatic hydroxyl groups excluding tert-OH is 1. The van der Waals surface area contributed by atoms with Gasteiger partial charge in [-0.3, -0.25) is 0 Å². The molecule has 5 nitrogen and oxygen atoms in total. The summed E-state index contributed by atoms with van der Waals surface area (Å²) in [4.78, 5) is 0. The molecule has 2 rings (SSSR count). The summed E-state index contributed by atoms with van der Waals surface area (Å²) < 4.78 is 26.2. The second-order valence-electron chi connectivity index (χ2n) is 4.35. The fraction of sp³-hybridized carbons (Fsp3) is 0.333. The zero-order valence-electron chi connectivity index (χ0n) is 10.3. The lowest BCUT2D eigenvalue weighted by Crippen LogP contribution is -2.27. The van der Waals surface area contributed by atoms with E-state index < -0.39 is 16.1 Å². The van der Waals surface area contributed by atoms with Crippen molar-refractivity contribution >= 4 is 20.9 Å². The predicted octanol–water partition coefficient (Wildman–Crippen LogP) is 0.761. The molecule has 0 aliphatic heterocycles. The molecule has 0 radical (unpaired) electrons. The van der Waals surface area contributed by atoms with Gasteiger partial charge in [0.25, 0.3) is 0 Å². The van der Waals surface area contributed by atoms with Crippen LogP contribution in [0.15, 0.2) is 30.5 Å². The van der Waals surface area contributed by atoms with Crippen molar-refractivity contribution in [3.05, 3.63) is 36.0 Å². The summed E-state index contributed by atoms with van der Waals surface area (Å²) in [5.41, 5.74) is 1.73. The van der Waals surface area contributed by atoms with Gasteiger partial charge in [0.15, 0.2) is 0 Å². The highest BCUT2D eigenvalue weighted by Crippen LogP contribution is 2.25. The van der Waals surface area contributed by atoms with Crippen LogP contribution in [0.5, 0.6) is 0 Å². The second kappa shape index (κ2) is 4.72. The van der Waals surface area contributed by atoms with E-state index in [1.54, 1.807) is 0 Å². The quantitative estimate of drug-likeness (QED) is 0.860. The molecule has 1 unspecified atom stereocenters. The molecular formula is C12H16N2O3S. The second-order valence-corrected chi connectivity index (χ2v) is 6.18. The summed E-state index contributed by atoms with van der Waals surface area (Å²) in [6.07, 6.45) is 2.04. The third-order valence-electron chi connectivity index (χ3n) is 2.83. The number of rotatable bonds is 4. The zero-order chi connectivity index (χ0) is 13.3. The SMILES string of the molecule is Cn1cc(C(O)CNS(C)(=O)=O)c2ccccc21. The normalized spacial score (nSPS) is 13.9. The number of fused-ring (bicyclic) bond motifs is 1. The number of aromatic nitrogens is 1. The maximum atomic E-state index is 11.0. The molecule has 0 aliphatic carbocycles. The third kappa shape index (κ3) is 2.72. The maximum absolute atomic E-state index is 11.0. The minimum absolute atomic E-state index is 0.0210. The average molecular weight is 268 g/mol. The van der Waals surface area contributed by atoms with Crippen LogP contribution in [-0.2, 0) is 17.1 Å². The summed E-state index contributed by atoms with van der Waals surface area (Å²) in [5.74, 6) is 0. The van der Waals surface area contributed by atoms with Crippen LogP contribution >= 0.6 is 0 Å². The number of hydrogen-bond donors (Lipinski definition) is 2. The Morgan fingerprint density at radius 2 is 2.06 bits per heavy atom. The van der Waals surface area contributed by atoms with Gasteiger partial charge in [0.1, 0.15) is 0 Å². The molecule has 2 N–H and O–H groups in total. The molecule has 0 saturated carbocycles. The first kappa shape index (κ1) is 13.1. The van der Waals surface area contributed by atoms with E-state index in [4.69, 9.17) is 0 Å². The van der Waals surface area contributed by atoms with Crippen molar-refractivity contribution in [1.82, 2.24) is 9.29 Å². The van der Waals surface area contributed by atoms with Crippen molar-refractivity contribution in [1.29, 1.82) is 0 Å². The van der Waals surface area contributed by atoms with E-state index in [9.17, 15) is 13.5 Å². The van der Waals surface area contributed by atoms with Gasteiger partial charge >= 0.3 is 0 Å². The molecule has 0 amide bonds. The molecule has 98 valence electrons. The molecule has 0 bridgehead atoms.